The number of nitrogens with zero attached hydrogens (tertiary/aromatic N) is 4. The number of hydrogen-bond donors (Lipinski definition) is 1. The second kappa shape index (κ2) is 5.13. The van der Waals surface area contributed by atoms with Gasteiger partial charge in [-0.2, -0.15) is 5.10 Å². The third kappa shape index (κ3) is 2.51. The molecule has 20 heavy (non-hydrogen) atoms. The van der Waals surface area contributed by atoms with Gasteiger partial charge in [0.15, 0.2) is 0 Å². The van der Waals surface area contributed by atoms with Gasteiger partial charge >= 0.3 is 0 Å². The van der Waals surface area contributed by atoms with E-state index in [1.54, 1.807) is 18.6 Å². The molecule has 0 saturated carbocycles. The summed E-state index contributed by atoms with van der Waals surface area (Å²) < 4.78 is 1.82. The summed E-state index contributed by atoms with van der Waals surface area (Å²) in [6.07, 6.45) is 6.75. The zero-order valence-electron chi connectivity index (χ0n) is 11.2. The molecule has 100 valence electrons. The van der Waals surface area contributed by atoms with Gasteiger partial charge in [-0.05, 0) is 12.5 Å². The SMILES string of the molecule is Cc1ccc(Cn2cc(N)c(-c3cnccn3)n2)cc1. The summed E-state index contributed by atoms with van der Waals surface area (Å²) >= 11 is 0. The van der Waals surface area contributed by atoms with Crippen molar-refractivity contribution in [1.82, 2.24) is 19.7 Å². The van der Waals surface area contributed by atoms with Crippen molar-refractivity contribution in [3.63, 3.8) is 0 Å². The molecule has 2 aromatic heterocycles. The highest BCUT2D eigenvalue weighted by Gasteiger charge is 2.10. The summed E-state index contributed by atoms with van der Waals surface area (Å²) in [6, 6.07) is 8.36. The van der Waals surface area contributed by atoms with Crippen molar-refractivity contribution in [2.75, 3.05) is 5.73 Å². The number of nitrogen functional groups attached to an aromatic ring is 1. The monoisotopic (exact) mass is 265 g/mol. The Labute approximate surface area is 117 Å². The lowest BCUT2D eigenvalue weighted by atomic mass is 10.1. The van der Waals surface area contributed by atoms with Crippen LogP contribution in [0.25, 0.3) is 11.4 Å². The third-order valence-electron chi connectivity index (χ3n) is 3.06. The molecule has 5 heteroatoms. The predicted molar refractivity (Wildman–Crippen MR) is 77.9 cm³/mol. The molecule has 3 aromatic rings. The Kier molecular flexibility index (Phi) is 3.16. The predicted octanol–water partition coefficient (Wildman–Crippen LogP) is 2.28. The molecule has 0 aliphatic heterocycles. The molecule has 0 bridgehead atoms. The van der Waals surface area contributed by atoms with E-state index in [4.69, 9.17) is 5.73 Å². The highest BCUT2D eigenvalue weighted by Crippen LogP contribution is 2.21. The van der Waals surface area contributed by atoms with Crippen molar-refractivity contribution in [2.24, 2.45) is 0 Å². The van der Waals surface area contributed by atoms with Crippen molar-refractivity contribution in [2.45, 2.75) is 13.5 Å². The smallest absolute Gasteiger partial charge is 0.135 e. The van der Waals surface area contributed by atoms with Crippen LogP contribution in [0, 0.1) is 6.92 Å². The zero-order chi connectivity index (χ0) is 13.9. The maximum Gasteiger partial charge on any atom is 0.135 e. The summed E-state index contributed by atoms with van der Waals surface area (Å²) in [4.78, 5) is 8.26. The van der Waals surface area contributed by atoms with Gasteiger partial charge in [-0.25, -0.2) is 0 Å². The van der Waals surface area contributed by atoms with Crippen molar-refractivity contribution < 1.29 is 0 Å². The van der Waals surface area contributed by atoms with Gasteiger partial charge in [0.2, 0.25) is 0 Å². The molecule has 0 aliphatic carbocycles. The zero-order valence-corrected chi connectivity index (χ0v) is 11.2. The normalized spacial score (nSPS) is 10.7. The van der Waals surface area contributed by atoms with Crippen molar-refractivity contribution >= 4 is 5.69 Å². The number of anilines is 1. The molecular formula is C15H15N5. The standard InChI is InChI=1S/C15H15N5/c1-11-2-4-12(5-3-11)9-20-10-13(16)15(19-20)14-8-17-6-7-18-14/h2-8,10H,9,16H2,1H3. The molecule has 0 aliphatic rings. The van der Waals surface area contributed by atoms with E-state index in [1.165, 1.54) is 11.1 Å². The number of benzene rings is 1. The van der Waals surface area contributed by atoms with Gasteiger partial charge in [0.05, 0.1) is 18.4 Å². The van der Waals surface area contributed by atoms with E-state index in [2.05, 4.69) is 46.3 Å². The van der Waals surface area contributed by atoms with Crippen LogP contribution in [-0.4, -0.2) is 19.7 Å². The van der Waals surface area contributed by atoms with Crippen molar-refractivity contribution in [1.29, 1.82) is 0 Å². The quantitative estimate of drug-likeness (QED) is 0.788. The highest BCUT2D eigenvalue weighted by atomic mass is 15.3. The average Bonchev–Trinajstić information content (AvgIpc) is 2.83. The molecule has 0 unspecified atom stereocenters. The lowest BCUT2D eigenvalue weighted by molar-refractivity contribution is 0.689. The number of hydrogen-bond acceptors (Lipinski definition) is 4. The van der Waals surface area contributed by atoms with Gasteiger partial charge in [0.1, 0.15) is 11.4 Å². The van der Waals surface area contributed by atoms with Gasteiger partial charge in [-0.15, -0.1) is 0 Å². The Morgan fingerprint density at radius 1 is 1.15 bits per heavy atom. The maximum atomic E-state index is 6.00. The van der Waals surface area contributed by atoms with Gasteiger partial charge in [-0.1, -0.05) is 29.8 Å². The molecule has 0 atom stereocenters. The molecule has 2 N–H and O–H groups in total. The first kappa shape index (κ1) is 12.3. The van der Waals surface area contributed by atoms with Crippen molar-refractivity contribution in [3.8, 4) is 11.4 Å². The van der Waals surface area contributed by atoms with Crippen LogP contribution in [0.15, 0.2) is 49.1 Å². The topological polar surface area (TPSA) is 69.6 Å². The van der Waals surface area contributed by atoms with Crippen LogP contribution in [0.3, 0.4) is 0 Å². The van der Waals surface area contributed by atoms with Crippen LogP contribution in [0.5, 0.6) is 0 Å². The third-order valence-corrected chi connectivity index (χ3v) is 3.06. The maximum absolute atomic E-state index is 6.00. The summed E-state index contributed by atoms with van der Waals surface area (Å²) in [5, 5.41) is 4.49. The van der Waals surface area contributed by atoms with E-state index in [0.717, 1.165) is 0 Å². The van der Waals surface area contributed by atoms with Crippen LogP contribution in [0.1, 0.15) is 11.1 Å². The van der Waals surface area contributed by atoms with Crippen LogP contribution in [-0.2, 0) is 6.54 Å². The fourth-order valence-corrected chi connectivity index (χ4v) is 2.02. The molecule has 0 radical (unpaired) electrons. The van der Waals surface area contributed by atoms with E-state index in [0.29, 0.717) is 23.6 Å². The minimum atomic E-state index is 0.609. The van der Waals surface area contributed by atoms with Gasteiger partial charge in [0.25, 0.3) is 0 Å². The Morgan fingerprint density at radius 2 is 1.95 bits per heavy atom. The molecule has 2 heterocycles. The first-order valence-electron chi connectivity index (χ1n) is 6.37. The van der Waals surface area contributed by atoms with Crippen molar-refractivity contribution in [3.05, 3.63) is 60.2 Å². The van der Waals surface area contributed by atoms with E-state index in [9.17, 15) is 0 Å². The Balaban J connectivity index is 1.87. The van der Waals surface area contributed by atoms with Gasteiger partial charge < -0.3 is 5.73 Å². The molecule has 0 fully saturated rings. The Bertz CT molecular complexity index is 701. The summed E-state index contributed by atoms with van der Waals surface area (Å²) in [6.45, 7) is 2.76. The number of aromatic nitrogens is 4. The second-order valence-electron chi connectivity index (χ2n) is 4.71. The highest BCUT2D eigenvalue weighted by molar-refractivity contribution is 5.68. The number of nitrogens with two attached hydrogens (primary N) is 1. The molecule has 0 saturated heterocycles. The molecule has 1 aromatic carbocycles. The average molecular weight is 265 g/mol. The summed E-state index contributed by atoms with van der Waals surface area (Å²) in [5.41, 5.74) is 10.4. The van der Waals surface area contributed by atoms with E-state index >= 15 is 0 Å². The largest absolute Gasteiger partial charge is 0.396 e. The second-order valence-corrected chi connectivity index (χ2v) is 4.71. The summed E-state index contributed by atoms with van der Waals surface area (Å²) in [5.74, 6) is 0. The Hall–Kier alpha value is -2.69. The van der Waals surface area contributed by atoms with Crippen LogP contribution >= 0.6 is 0 Å². The minimum absolute atomic E-state index is 0.609. The first-order valence-corrected chi connectivity index (χ1v) is 6.37. The first-order chi connectivity index (χ1) is 9.72. The Morgan fingerprint density at radius 3 is 2.65 bits per heavy atom. The number of rotatable bonds is 3. The lowest BCUT2D eigenvalue weighted by Gasteiger charge is -2.02. The molecular weight excluding hydrogens is 250 g/mol. The molecule has 0 spiro atoms. The van der Waals surface area contributed by atoms with Crippen LogP contribution < -0.4 is 5.73 Å². The van der Waals surface area contributed by atoms with Gasteiger partial charge in [0, 0.05) is 18.6 Å². The van der Waals surface area contributed by atoms with Gasteiger partial charge in [-0.3, -0.25) is 14.6 Å². The number of aryl methyl sites for hydroxylation is 1. The van der Waals surface area contributed by atoms with Crippen LogP contribution in [0.4, 0.5) is 5.69 Å². The van der Waals surface area contributed by atoms with E-state index < -0.39 is 0 Å². The molecule has 3 rings (SSSR count). The summed E-state index contributed by atoms with van der Waals surface area (Å²) in [7, 11) is 0. The van der Waals surface area contributed by atoms with Crippen LogP contribution in [0.2, 0.25) is 0 Å². The lowest BCUT2D eigenvalue weighted by Crippen LogP contribution is -2.00. The molecule has 5 nitrogen and oxygen atoms in total. The molecule has 0 amide bonds. The fraction of sp³-hybridized carbons (Fsp3) is 0.133. The minimum Gasteiger partial charge on any atom is -0.396 e. The van der Waals surface area contributed by atoms with E-state index in [1.807, 2.05) is 10.9 Å². The van der Waals surface area contributed by atoms with E-state index in [-0.39, 0.29) is 0 Å². The fourth-order valence-electron chi connectivity index (χ4n) is 2.02.